The molecule has 0 unspecified atom stereocenters. The van der Waals surface area contributed by atoms with Gasteiger partial charge in [-0.3, -0.25) is 9.59 Å². The first kappa shape index (κ1) is 24.5. The van der Waals surface area contributed by atoms with Crippen LogP contribution in [0.1, 0.15) is 31.4 Å². The molecule has 31 heavy (non-hydrogen) atoms. The first-order chi connectivity index (χ1) is 14.8. The van der Waals surface area contributed by atoms with E-state index in [0.29, 0.717) is 12.8 Å². The molecule has 0 aromatic heterocycles. The molecule has 0 aliphatic rings. The number of aliphatic carboxylic acids is 1. The number of thiol groups is 1. The van der Waals surface area contributed by atoms with Crippen LogP contribution < -0.4 is 10.6 Å². The van der Waals surface area contributed by atoms with E-state index in [0.717, 1.165) is 11.1 Å². The minimum atomic E-state index is -1.13. The molecule has 2 aromatic carbocycles. The topological polar surface area (TPSA) is 95.5 Å². The van der Waals surface area contributed by atoms with Crippen LogP contribution in [0, 0.1) is 5.92 Å². The van der Waals surface area contributed by atoms with Crippen molar-refractivity contribution in [2.45, 2.75) is 50.4 Å². The predicted octanol–water partition coefficient (Wildman–Crippen LogP) is 2.87. The molecule has 7 heteroatoms. The zero-order chi connectivity index (χ0) is 22.8. The van der Waals surface area contributed by atoms with E-state index in [-0.39, 0.29) is 18.2 Å². The van der Waals surface area contributed by atoms with Gasteiger partial charge in [0.2, 0.25) is 11.8 Å². The van der Waals surface area contributed by atoms with E-state index in [1.807, 2.05) is 74.5 Å². The number of carbonyl (C=O) groups excluding carboxylic acids is 2. The van der Waals surface area contributed by atoms with Crippen molar-refractivity contribution in [1.82, 2.24) is 10.6 Å². The lowest BCUT2D eigenvalue weighted by molar-refractivity contribution is -0.142. The predicted molar refractivity (Wildman–Crippen MR) is 124 cm³/mol. The van der Waals surface area contributed by atoms with Crippen LogP contribution in [0.4, 0.5) is 0 Å². The highest BCUT2D eigenvalue weighted by Gasteiger charge is 2.28. The molecule has 0 radical (unpaired) electrons. The van der Waals surface area contributed by atoms with Gasteiger partial charge in [-0.05, 0) is 29.9 Å². The van der Waals surface area contributed by atoms with Crippen molar-refractivity contribution in [3.8, 4) is 0 Å². The number of carboxylic acid groups (broad SMARTS) is 1. The summed E-state index contributed by atoms with van der Waals surface area (Å²) in [6.07, 6.45) is 1.06. The molecule has 0 bridgehead atoms. The number of amides is 2. The monoisotopic (exact) mass is 442 g/mol. The molecule has 0 saturated carbocycles. The largest absolute Gasteiger partial charge is 0.480 e. The molecule has 2 amide bonds. The molecule has 0 heterocycles. The average Bonchev–Trinajstić information content (AvgIpc) is 2.76. The fourth-order valence-electron chi connectivity index (χ4n) is 3.11. The maximum absolute atomic E-state index is 13.0. The molecule has 6 nitrogen and oxygen atoms in total. The lowest BCUT2D eigenvalue weighted by Gasteiger charge is -2.24. The second-order valence-electron chi connectivity index (χ2n) is 7.86. The second-order valence-corrected chi connectivity index (χ2v) is 8.42. The fourth-order valence-corrected chi connectivity index (χ4v) is 3.18. The number of rotatable bonds is 11. The van der Waals surface area contributed by atoms with Crippen molar-refractivity contribution in [2.75, 3.05) is 0 Å². The number of hydrogen-bond acceptors (Lipinski definition) is 4. The van der Waals surface area contributed by atoms with Crippen molar-refractivity contribution in [3.63, 3.8) is 0 Å². The summed E-state index contributed by atoms with van der Waals surface area (Å²) in [7, 11) is 0. The molecule has 0 aliphatic carbocycles. The Morgan fingerprint density at radius 1 is 0.839 bits per heavy atom. The number of hydrogen-bond donors (Lipinski definition) is 4. The highest BCUT2D eigenvalue weighted by atomic mass is 32.1. The van der Waals surface area contributed by atoms with Crippen molar-refractivity contribution < 1.29 is 19.5 Å². The fraction of sp³-hybridized carbons (Fsp3) is 0.375. The summed E-state index contributed by atoms with van der Waals surface area (Å²) in [6, 6.07) is 16.8. The Labute approximate surface area is 188 Å². The first-order valence-corrected chi connectivity index (χ1v) is 10.9. The molecule has 0 fully saturated rings. The summed E-state index contributed by atoms with van der Waals surface area (Å²) < 4.78 is 0. The van der Waals surface area contributed by atoms with Crippen LogP contribution >= 0.6 is 12.6 Å². The van der Waals surface area contributed by atoms with Gasteiger partial charge in [-0.15, -0.1) is 0 Å². The average molecular weight is 443 g/mol. The zero-order valence-corrected chi connectivity index (χ0v) is 18.7. The smallest absolute Gasteiger partial charge is 0.326 e. The highest BCUT2D eigenvalue weighted by Crippen LogP contribution is 2.12. The van der Waals surface area contributed by atoms with Gasteiger partial charge < -0.3 is 15.7 Å². The zero-order valence-electron chi connectivity index (χ0n) is 17.8. The third-order valence-electron chi connectivity index (χ3n) is 4.99. The van der Waals surface area contributed by atoms with E-state index in [1.165, 1.54) is 0 Å². The third-order valence-corrected chi connectivity index (χ3v) is 5.83. The Hall–Kier alpha value is -2.80. The van der Waals surface area contributed by atoms with E-state index in [4.69, 9.17) is 0 Å². The van der Waals surface area contributed by atoms with E-state index >= 15 is 0 Å². The minimum Gasteiger partial charge on any atom is -0.480 e. The molecule has 3 atom stereocenters. The highest BCUT2D eigenvalue weighted by molar-refractivity contribution is 7.81. The minimum absolute atomic E-state index is 0.00832. The molecule has 2 rings (SSSR count). The van der Waals surface area contributed by atoms with Gasteiger partial charge in [0, 0.05) is 6.42 Å². The van der Waals surface area contributed by atoms with E-state index < -0.39 is 29.2 Å². The normalized spacial score (nSPS) is 13.8. The molecular weight excluding hydrogens is 412 g/mol. The van der Waals surface area contributed by atoms with Gasteiger partial charge in [-0.1, -0.05) is 74.5 Å². The maximum Gasteiger partial charge on any atom is 0.326 e. The lowest BCUT2D eigenvalue weighted by atomic mass is 10.0. The van der Waals surface area contributed by atoms with Gasteiger partial charge in [-0.2, -0.15) is 12.6 Å². The van der Waals surface area contributed by atoms with Crippen LogP contribution in [0.5, 0.6) is 0 Å². The molecule has 166 valence electrons. The van der Waals surface area contributed by atoms with Crippen LogP contribution in [0.2, 0.25) is 0 Å². The van der Waals surface area contributed by atoms with Crippen LogP contribution in [0.3, 0.4) is 0 Å². The summed E-state index contributed by atoms with van der Waals surface area (Å²) in [5.74, 6) is -2.00. The van der Waals surface area contributed by atoms with Crippen LogP contribution in [-0.2, 0) is 27.2 Å². The van der Waals surface area contributed by atoms with Crippen molar-refractivity contribution in [1.29, 1.82) is 0 Å². The molecule has 2 aromatic rings. The summed E-state index contributed by atoms with van der Waals surface area (Å²) >= 11 is 4.33. The summed E-state index contributed by atoms with van der Waals surface area (Å²) in [6.45, 7) is 3.74. The van der Waals surface area contributed by atoms with Gasteiger partial charge in [0.05, 0.1) is 5.25 Å². The Morgan fingerprint density at radius 3 is 1.87 bits per heavy atom. The molecule has 3 N–H and O–H groups in total. The first-order valence-electron chi connectivity index (χ1n) is 10.4. The van der Waals surface area contributed by atoms with Crippen molar-refractivity contribution >= 4 is 30.4 Å². The van der Waals surface area contributed by atoms with Gasteiger partial charge in [0.1, 0.15) is 12.1 Å². The summed E-state index contributed by atoms with van der Waals surface area (Å²) in [4.78, 5) is 37.3. The molecule has 0 saturated heterocycles. The number of carboxylic acids is 1. The Morgan fingerprint density at radius 2 is 1.35 bits per heavy atom. The number of benzene rings is 2. The third kappa shape index (κ3) is 8.09. The quantitative estimate of drug-likeness (QED) is 0.403. The second kappa shape index (κ2) is 12.2. The lowest BCUT2D eigenvalue weighted by Crippen LogP contribution is -2.53. The van der Waals surface area contributed by atoms with Gasteiger partial charge in [0.15, 0.2) is 0 Å². The van der Waals surface area contributed by atoms with Crippen LogP contribution in [0.25, 0.3) is 0 Å². The molecule has 0 spiro atoms. The van der Waals surface area contributed by atoms with Crippen molar-refractivity contribution in [2.24, 2.45) is 5.92 Å². The van der Waals surface area contributed by atoms with E-state index in [9.17, 15) is 19.5 Å². The van der Waals surface area contributed by atoms with E-state index in [2.05, 4.69) is 23.3 Å². The molecular formula is C24H30N2O4S. The number of carbonyl (C=O) groups is 3. The van der Waals surface area contributed by atoms with Crippen molar-refractivity contribution in [3.05, 3.63) is 71.8 Å². The number of nitrogens with one attached hydrogen (secondary N) is 2. The van der Waals surface area contributed by atoms with E-state index in [1.54, 1.807) is 0 Å². The number of aryl methyl sites for hydroxylation is 1. The maximum atomic E-state index is 13.0. The van der Waals surface area contributed by atoms with Gasteiger partial charge >= 0.3 is 5.97 Å². The summed E-state index contributed by atoms with van der Waals surface area (Å²) in [5.41, 5.74) is 1.83. The Kier molecular flexibility index (Phi) is 9.59. The standard InChI is InChI=1S/C24H30N2O4S/c1-16(2)21(31)23(28)25-19(14-13-17-9-5-3-6-10-17)22(27)26-20(24(29)30)15-18-11-7-4-8-12-18/h3-12,16,19-21,31H,13-15H2,1-2H3,(H,25,28)(H,26,27)(H,29,30)/t19-,20-,21-/m0/s1. The van der Waals surface area contributed by atoms with Gasteiger partial charge in [-0.25, -0.2) is 4.79 Å². The van der Waals surface area contributed by atoms with Gasteiger partial charge in [0.25, 0.3) is 0 Å². The summed E-state index contributed by atoms with van der Waals surface area (Å²) in [5, 5.41) is 14.4. The SMILES string of the molecule is CC(C)[C@H](S)C(=O)N[C@@H](CCc1ccccc1)C(=O)N[C@@H](Cc1ccccc1)C(=O)O. The molecule has 0 aliphatic heterocycles. The Balaban J connectivity index is 2.12. The Bertz CT molecular complexity index is 858. The van der Waals surface area contributed by atoms with Crippen LogP contribution in [0.15, 0.2) is 60.7 Å². The van der Waals surface area contributed by atoms with Crippen LogP contribution in [-0.4, -0.2) is 40.2 Å².